The topological polar surface area (TPSA) is 46.4 Å². The molecule has 1 N–H and O–H groups in total. The predicted molar refractivity (Wildman–Crippen MR) is 79.7 cm³/mol. The molecule has 1 fully saturated rings. The molecule has 0 radical (unpaired) electrons. The number of fused-ring (bicyclic) bond motifs is 1. The van der Waals surface area contributed by atoms with Crippen molar-refractivity contribution < 1.29 is 0 Å². The van der Waals surface area contributed by atoms with Gasteiger partial charge in [-0.25, -0.2) is 4.98 Å². The van der Waals surface area contributed by atoms with Crippen LogP contribution in [0.25, 0.3) is 5.65 Å². The Morgan fingerprint density at radius 3 is 3.00 bits per heavy atom. The Kier molecular flexibility index (Phi) is 3.83. The van der Waals surface area contributed by atoms with Crippen molar-refractivity contribution in [3.8, 4) is 0 Å². The maximum atomic E-state index is 12.0. The monoisotopic (exact) mass is 271 g/mol. The highest BCUT2D eigenvalue weighted by molar-refractivity contribution is 5.37. The number of pyridine rings is 1. The van der Waals surface area contributed by atoms with Crippen LogP contribution < -0.4 is 10.9 Å². The van der Waals surface area contributed by atoms with Crippen molar-refractivity contribution in [3.05, 3.63) is 46.5 Å². The summed E-state index contributed by atoms with van der Waals surface area (Å²) in [5.41, 5.74) is 1.53. The predicted octanol–water partition coefficient (Wildman–Crippen LogP) is 2.36. The van der Waals surface area contributed by atoms with Crippen LogP contribution in [0.5, 0.6) is 0 Å². The number of rotatable bonds is 4. The Morgan fingerprint density at radius 2 is 2.20 bits per heavy atom. The summed E-state index contributed by atoms with van der Waals surface area (Å²) in [6.45, 7) is 2.90. The second kappa shape index (κ2) is 5.75. The molecule has 2 aromatic rings. The van der Waals surface area contributed by atoms with E-state index in [1.807, 2.05) is 18.2 Å². The first-order valence-corrected chi connectivity index (χ1v) is 7.45. The van der Waals surface area contributed by atoms with Gasteiger partial charge in [0.2, 0.25) is 0 Å². The van der Waals surface area contributed by atoms with Crippen LogP contribution in [-0.2, 0) is 6.54 Å². The standard InChI is InChI=1S/C16H21N3O/c1-12(13-6-2-3-7-13)17-11-14-10-16(20)19-9-5-4-8-15(19)18-14/h4-5,8-10,12-13,17H,2-3,6-7,11H2,1H3. The summed E-state index contributed by atoms with van der Waals surface area (Å²) in [4.78, 5) is 16.5. The number of hydrogen-bond acceptors (Lipinski definition) is 3. The molecule has 0 aromatic carbocycles. The van der Waals surface area contributed by atoms with E-state index in [4.69, 9.17) is 0 Å². The Bertz CT molecular complexity index is 643. The van der Waals surface area contributed by atoms with E-state index in [9.17, 15) is 4.79 Å². The van der Waals surface area contributed by atoms with Gasteiger partial charge in [0.25, 0.3) is 5.56 Å². The Hall–Kier alpha value is -1.68. The Balaban J connectivity index is 1.72. The third-order valence-electron chi connectivity index (χ3n) is 4.34. The summed E-state index contributed by atoms with van der Waals surface area (Å²) < 4.78 is 1.57. The third-order valence-corrected chi connectivity index (χ3v) is 4.34. The molecule has 0 amide bonds. The molecular weight excluding hydrogens is 250 g/mol. The SMILES string of the molecule is CC(NCc1cc(=O)n2ccccc2n1)C1CCCC1. The quantitative estimate of drug-likeness (QED) is 0.928. The second-order valence-corrected chi connectivity index (χ2v) is 5.73. The summed E-state index contributed by atoms with van der Waals surface area (Å²) in [7, 11) is 0. The van der Waals surface area contributed by atoms with Crippen molar-refractivity contribution in [3.63, 3.8) is 0 Å². The van der Waals surface area contributed by atoms with Crippen LogP contribution in [0.1, 0.15) is 38.3 Å². The molecule has 1 atom stereocenters. The Morgan fingerprint density at radius 1 is 1.40 bits per heavy atom. The minimum Gasteiger partial charge on any atom is -0.308 e. The zero-order valence-corrected chi connectivity index (χ0v) is 11.9. The molecule has 4 nitrogen and oxygen atoms in total. The molecule has 2 heterocycles. The van der Waals surface area contributed by atoms with Crippen LogP contribution in [0.3, 0.4) is 0 Å². The highest BCUT2D eigenvalue weighted by Crippen LogP contribution is 2.27. The molecule has 1 unspecified atom stereocenters. The van der Waals surface area contributed by atoms with Gasteiger partial charge in [0, 0.05) is 24.8 Å². The summed E-state index contributed by atoms with van der Waals surface area (Å²) in [6, 6.07) is 7.73. The van der Waals surface area contributed by atoms with Gasteiger partial charge < -0.3 is 5.32 Å². The van der Waals surface area contributed by atoms with Gasteiger partial charge in [-0.1, -0.05) is 18.9 Å². The third kappa shape index (κ3) is 2.75. The summed E-state index contributed by atoms with van der Waals surface area (Å²) in [5.74, 6) is 0.775. The van der Waals surface area contributed by atoms with E-state index in [0.29, 0.717) is 18.2 Å². The molecular formula is C16H21N3O. The van der Waals surface area contributed by atoms with Crippen LogP contribution in [0, 0.1) is 5.92 Å². The van der Waals surface area contributed by atoms with Gasteiger partial charge in [0.05, 0.1) is 5.69 Å². The molecule has 20 heavy (non-hydrogen) atoms. The van der Waals surface area contributed by atoms with Gasteiger partial charge in [0.15, 0.2) is 0 Å². The van der Waals surface area contributed by atoms with Crippen molar-refractivity contribution in [1.29, 1.82) is 0 Å². The second-order valence-electron chi connectivity index (χ2n) is 5.73. The van der Waals surface area contributed by atoms with Crippen molar-refractivity contribution in [1.82, 2.24) is 14.7 Å². The van der Waals surface area contributed by atoms with Crippen LogP contribution in [0.4, 0.5) is 0 Å². The molecule has 1 saturated carbocycles. The normalized spacial score (nSPS) is 17.6. The lowest BCUT2D eigenvalue weighted by molar-refractivity contribution is 0.379. The van der Waals surface area contributed by atoms with Gasteiger partial charge in [-0.3, -0.25) is 9.20 Å². The molecule has 0 saturated heterocycles. The van der Waals surface area contributed by atoms with Crippen molar-refractivity contribution in [2.24, 2.45) is 5.92 Å². The average molecular weight is 271 g/mol. The number of nitrogens with zero attached hydrogens (tertiary/aromatic N) is 2. The zero-order chi connectivity index (χ0) is 13.9. The van der Waals surface area contributed by atoms with Crippen LogP contribution in [-0.4, -0.2) is 15.4 Å². The summed E-state index contributed by atoms with van der Waals surface area (Å²) >= 11 is 0. The van der Waals surface area contributed by atoms with Gasteiger partial charge >= 0.3 is 0 Å². The smallest absolute Gasteiger partial charge is 0.258 e. The maximum Gasteiger partial charge on any atom is 0.258 e. The van der Waals surface area contributed by atoms with Gasteiger partial charge in [-0.05, 0) is 37.8 Å². The van der Waals surface area contributed by atoms with Crippen molar-refractivity contribution >= 4 is 5.65 Å². The molecule has 2 aromatic heterocycles. The van der Waals surface area contributed by atoms with Gasteiger partial charge in [-0.2, -0.15) is 0 Å². The molecule has 3 rings (SSSR count). The molecule has 4 heteroatoms. The first kappa shape index (κ1) is 13.3. The van der Waals surface area contributed by atoms with Crippen LogP contribution in [0.15, 0.2) is 35.3 Å². The minimum atomic E-state index is -0.0130. The number of nitrogens with one attached hydrogen (secondary N) is 1. The van der Waals surface area contributed by atoms with Gasteiger partial charge in [-0.15, -0.1) is 0 Å². The minimum absolute atomic E-state index is 0.0130. The lowest BCUT2D eigenvalue weighted by Crippen LogP contribution is -2.32. The fourth-order valence-electron chi connectivity index (χ4n) is 3.08. The van der Waals surface area contributed by atoms with E-state index in [1.54, 1.807) is 16.7 Å². The van der Waals surface area contributed by atoms with E-state index >= 15 is 0 Å². The fourth-order valence-corrected chi connectivity index (χ4v) is 3.08. The molecule has 0 spiro atoms. The number of hydrogen-bond donors (Lipinski definition) is 1. The van der Waals surface area contributed by atoms with Crippen LogP contribution in [0.2, 0.25) is 0 Å². The van der Waals surface area contributed by atoms with E-state index in [2.05, 4.69) is 17.2 Å². The highest BCUT2D eigenvalue weighted by Gasteiger charge is 2.21. The van der Waals surface area contributed by atoms with Crippen molar-refractivity contribution in [2.45, 2.75) is 45.2 Å². The Labute approximate surface area is 118 Å². The first-order chi connectivity index (χ1) is 9.74. The lowest BCUT2D eigenvalue weighted by Gasteiger charge is -2.20. The van der Waals surface area contributed by atoms with E-state index < -0.39 is 0 Å². The molecule has 1 aliphatic carbocycles. The zero-order valence-electron chi connectivity index (χ0n) is 11.9. The molecule has 0 bridgehead atoms. The lowest BCUT2D eigenvalue weighted by atomic mass is 10.00. The summed E-state index contributed by atoms with van der Waals surface area (Å²) in [6.07, 6.45) is 7.10. The van der Waals surface area contributed by atoms with E-state index in [-0.39, 0.29) is 5.56 Å². The molecule has 106 valence electrons. The maximum absolute atomic E-state index is 12.0. The fraction of sp³-hybridized carbons (Fsp3) is 0.500. The average Bonchev–Trinajstić information content (AvgIpc) is 2.99. The number of aromatic nitrogens is 2. The first-order valence-electron chi connectivity index (χ1n) is 7.45. The molecule has 1 aliphatic rings. The van der Waals surface area contributed by atoms with Crippen molar-refractivity contribution in [2.75, 3.05) is 0 Å². The van der Waals surface area contributed by atoms with E-state index in [0.717, 1.165) is 11.6 Å². The highest BCUT2D eigenvalue weighted by atomic mass is 16.1. The van der Waals surface area contributed by atoms with Crippen LogP contribution >= 0.6 is 0 Å². The largest absolute Gasteiger partial charge is 0.308 e. The summed E-state index contributed by atoms with van der Waals surface area (Å²) in [5, 5.41) is 3.52. The van der Waals surface area contributed by atoms with Gasteiger partial charge in [0.1, 0.15) is 5.65 Å². The van der Waals surface area contributed by atoms with E-state index in [1.165, 1.54) is 25.7 Å². The molecule has 0 aliphatic heterocycles.